The molecule has 4 aliphatic carbocycles. The molecule has 4 saturated carbocycles. The first-order valence-electron chi connectivity index (χ1n) is 8.80. The number of fused-ring (bicyclic) bond motifs is 9. The van der Waals surface area contributed by atoms with Gasteiger partial charge in [0.15, 0.2) is 5.67 Å². The summed E-state index contributed by atoms with van der Waals surface area (Å²) < 4.78 is 95.2. The minimum Gasteiger partial charge on any atom is -0.371 e. The van der Waals surface area contributed by atoms with E-state index < -0.39 is 47.8 Å². The van der Waals surface area contributed by atoms with E-state index in [1.807, 2.05) is 6.92 Å². The number of rotatable bonds is 1. The number of halogens is 7. The summed E-state index contributed by atoms with van der Waals surface area (Å²) in [6, 6.07) is 0. The molecule has 0 spiro atoms. The Balaban J connectivity index is 1.77. The minimum atomic E-state index is -6.10. The van der Waals surface area contributed by atoms with Crippen LogP contribution in [-0.2, 0) is 0 Å². The largest absolute Gasteiger partial charge is 0.429 e. The van der Waals surface area contributed by atoms with Crippen LogP contribution in [-0.4, -0.2) is 28.7 Å². The molecule has 0 aromatic heterocycles. The van der Waals surface area contributed by atoms with Crippen molar-refractivity contribution in [3.8, 4) is 0 Å². The first-order valence-corrected chi connectivity index (χ1v) is 8.80. The van der Waals surface area contributed by atoms with Gasteiger partial charge in [0.1, 0.15) is 0 Å². The van der Waals surface area contributed by atoms with Gasteiger partial charge in [-0.05, 0) is 60.7 Å². The van der Waals surface area contributed by atoms with E-state index in [1.165, 1.54) is 0 Å². The zero-order chi connectivity index (χ0) is 18.7. The Kier molecular flexibility index (Phi) is 3.32. The van der Waals surface area contributed by atoms with Crippen LogP contribution in [0.2, 0.25) is 0 Å². The molecule has 4 rings (SSSR count). The van der Waals surface area contributed by atoms with Crippen LogP contribution >= 0.6 is 0 Å². The van der Waals surface area contributed by atoms with Crippen LogP contribution in [0, 0.1) is 47.3 Å². The van der Waals surface area contributed by atoms with Gasteiger partial charge in [-0.25, -0.2) is 4.39 Å². The standard InChI is InChI=1S/C17H21F7O/c1-6-7(2)10-4-9(6)12-8-3-11(13(10)12)14(18,5-8)15(25,16(19,20)21)17(22,23)24/h6-13,25H,3-5H2,1-2H3. The number of hydrogen-bond donors (Lipinski definition) is 1. The maximum absolute atomic E-state index is 15.5. The molecule has 4 bridgehead atoms. The number of alkyl halides is 7. The molecule has 9 unspecified atom stereocenters. The minimum absolute atomic E-state index is 0.00999. The lowest BCUT2D eigenvalue weighted by atomic mass is 9.58. The van der Waals surface area contributed by atoms with Crippen LogP contribution in [0.1, 0.15) is 33.1 Å². The van der Waals surface area contributed by atoms with Crippen LogP contribution < -0.4 is 0 Å². The smallest absolute Gasteiger partial charge is 0.371 e. The molecule has 0 amide bonds. The highest BCUT2D eigenvalue weighted by Crippen LogP contribution is 2.75. The van der Waals surface area contributed by atoms with Crippen molar-refractivity contribution >= 4 is 0 Å². The molecule has 8 heteroatoms. The van der Waals surface area contributed by atoms with Gasteiger partial charge in [-0.15, -0.1) is 0 Å². The van der Waals surface area contributed by atoms with Crippen molar-refractivity contribution < 1.29 is 35.8 Å². The van der Waals surface area contributed by atoms with E-state index in [2.05, 4.69) is 6.92 Å². The molecule has 0 aliphatic heterocycles. The van der Waals surface area contributed by atoms with E-state index >= 15 is 4.39 Å². The summed E-state index contributed by atoms with van der Waals surface area (Å²) in [5, 5.41) is 9.75. The van der Waals surface area contributed by atoms with Gasteiger partial charge >= 0.3 is 12.4 Å². The second-order valence-electron chi connectivity index (χ2n) is 8.81. The molecule has 25 heavy (non-hydrogen) atoms. The summed E-state index contributed by atoms with van der Waals surface area (Å²) in [6.07, 6.45) is -12.3. The highest BCUT2D eigenvalue weighted by atomic mass is 19.4. The van der Waals surface area contributed by atoms with Gasteiger partial charge in [0, 0.05) is 5.92 Å². The second-order valence-corrected chi connectivity index (χ2v) is 8.81. The molecular formula is C17H21F7O. The Morgan fingerprint density at radius 2 is 1.32 bits per heavy atom. The van der Waals surface area contributed by atoms with Crippen LogP contribution in [0.3, 0.4) is 0 Å². The maximum atomic E-state index is 15.5. The van der Waals surface area contributed by atoms with E-state index in [0.29, 0.717) is 5.92 Å². The fourth-order valence-electron chi connectivity index (χ4n) is 7.27. The molecule has 9 atom stereocenters. The first kappa shape index (κ1) is 17.9. The molecule has 0 aromatic rings. The zero-order valence-corrected chi connectivity index (χ0v) is 13.8. The van der Waals surface area contributed by atoms with Gasteiger partial charge < -0.3 is 5.11 Å². The Bertz CT molecular complexity index is 571. The summed E-state index contributed by atoms with van der Waals surface area (Å²) in [6.45, 7) is 4.03. The lowest BCUT2D eigenvalue weighted by molar-refractivity contribution is -0.411. The van der Waals surface area contributed by atoms with Crippen molar-refractivity contribution in [1.29, 1.82) is 0 Å². The molecule has 1 nitrogen and oxygen atoms in total. The van der Waals surface area contributed by atoms with Crippen LogP contribution in [0.4, 0.5) is 30.7 Å². The van der Waals surface area contributed by atoms with Gasteiger partial charge in [-0.3, -0.25) is 0 Å². The van der Waals surface area contributed by atoms with Gasteiger partial charge in [-0.1, -0.05) is 13.8 Å². The highest BCUT2D eigenvalue weighted by molar-refractivity contribution is 5.25. The third-order valence-corrected chi connectivity index (χ3v) is 8.29. The average molecular weight is 374 g/mol. The van der Waals surface area contributed by atoms with E-state index in [0.717, 1.165) is 6.42 Å². The molecule has 1 N–H and O–H groups in total. The van der Waals surface area contributed by atoms with Crippen LogP contribution in [0.25, 0.3) is 0 Å². The van der Waals surface area contributed by atoms with Crippen molar-refractivity contribution in [1.82, 2.24) is 0 Å². The summed E-state index contributed by atoms with van der Waals surface area (Å²) in [5.74, 6) is -1.59. The normalized spacial score (nSPS) is 52.1. The van der Waals surface area contributed by atoms with Crippen molar-refractivity contribution in [3.63, 3.8) is 0 Å². The number of aliphatic hydroxyl groups is 1. The van der Waals surface area contributed by atoms with Crippen LogP contribution in [0.15, 0.2) is 0 Å². The molecule has 0 aromatic carbocycles. The fourth-order valence-corrected chi connectivity index (χ4v) is 7.27. The molecule has 4 aliphatic rings. The monoisotopic (exact) mass is 374 g/mol. The summed E-state index contributed by atoms with van der Waals surface area (Å²) in [5.41, 5.74) is -8.99. The molecular weight excluding hydrogens is 353 g/mol. The third kappa shape index (κ3) is 1.80. The molecule has 0 heterocycles. The third-order valence-electron chi connectivity index (χ3n) is 8.29. The van der Waals surface area contributed by atoms with E-state index in [1.54, 1.807) is 0 Å². The molecule has 144 valence electrons. The van der Waals surface area contributed by atoms with E-state index in [9.17, 15) is 31.4 Å². The Labute approximate surface area is 141 Å². The number of hydrogen-bond acceptors (Lipinski definition) is 1. The van der Waals surface area contributed by atoms with Crippen molar-refractivity contribution in [3.05, 3.63) is 0 Å². The highest BCUT2D eigenvalue weighted by Gasteiger charge is 2.86. The van der Waals surface area contributed by atoms with Crippen LogP contribution in [0.5, 0.6) is 0 Å². The lowest BCUT2D eigenvalue weighted by Crippen LogP contribution is -2.72. The Hall–Kier alpha value is -0.530. The average Bonchev–Trinajstić information content (AvgIpc) is 3.15. The quantitative estimate of drug-likeness (QED) is 0.519. The van der Waals surface area contributed by atoms with Crippen molar-refractivity contribution in [2.45, 2.75) is 56.7 Å². The topological polar surface area (TPSA) is 20.2 Å². The van der Waals surface area contributed by atoms with Crippen molar-refractivity contribution in [2.24, 2.45) is 47.3 Å². The van der Waals surface area contributed by atoms with Gasteiger partial charge in [-0.2, -0.15) is 26.3 Å². The predicted octanol–water partition coefficient (Wildman–Crippen LogP) is 4.74. The Morgan fingerprint density at radius 1 is 0.840 bits per heavy atom. The van der Waals surface area contributed by atoms with Crippen molar-refractivity contribution in [2.75, 3.05) is 0 Å². The van der Waals surface area contributed by atoms with Gasteiger partial charge in [0.05, 0.1) is 0 Å². The van der Waals surface area contributed by atoms with Gasteiger partial charge in [0.2, 0.25) is 0 Å². The summed E-state index contributed by atoms with van der Waals surface area (Å²) >= 11 is 0. The molecule has 0 saturated heterocycles. The Morgan fingerprint density at radius 3 is 1.80 bits per heavy atom. The maximum Gasteiger partial charge on any atom is 0.429 e. The fraction of sp³-hybridized carbons (Fsp3) is 1.00. The van der Waals surface area contributed by atoms with E-state index in [4.69, 9.17) is 0 Å². The summed E-state index contributed by atoms with van der Waals surface area (Å²) in [7, 11) is 0. The molecule has 4 fully saturated rings. The van der Waals surface area contributed by atoms with E-state index in [-0.39, 0.29) is 30.1 Å². The zero-order valence-electron chi connectivity index (χ0n) is 13.8. The van der Waals surface area contributed by atoms with Gasteiger partial charge in [0.25, 0.3) is 5.60 Å². The first-order chi connectivity index (χ1) is 11.3. The second kappa shape index (κ2) is 4.65. The predicted molar refractivity (Wildman–Crippen MR) is 74.0 cm³/mol. The summed E-state index contributed by atoms with van der Waals surface area (Å²) in [4.78, 5) is 0. The SMILES string of the molecule is CC1C(C)C2CC1C1C3CC(C21)C(F)(C(O)(C(F)(F)F)C(F)(F)F)C3. The lowest BCUT2D eigenvalue weighted by Gasteiger charge is -2.51. The molecule has 0 radical (unpaired) electrons.